The quantitative estimate of drug-likeness (QED) is 0.451. The van der Waals surface area contributed by atoms with Gasteiger partial charge in [0.05, 0.1) is 11.4 Å². The Kier molecular flexibility index (Phi) is 5.52. The van der Waals surface area contributed by atoms with Gasteiger partial charge in [-0.25, -0.2) is 9.97 Å². The smallest absolute Gasteiger partial charge is 0.246 e. The van der Waals surface area contributed by atoms with Crippen LogP contribution in [0.15, 0.2) is 79.8 Å². The third-order valence-corrected chi connectivity index (χ3v) is 6.06. The van der Waals surface area contributed by atoms with Crippen LogP contribution in [0.1, 0.15) is 18.9 Å². The molecule has 0 spiro atoms. The molecule has 1 saturated heterocycles. The molecule has 1 aliphatic heterocycles. The first-order chi connectivity index (χ1) is 16.1. The van der Waals surface area contributed by atoms with Crippen LogP contribution in [-0.2, 0) is 4.79 Å². The zero-order valence-electron chi connectivity index (χ0n) is 18.2. The summed E-state index contributed by atoms with van der Waals surface area (Å²) in [5, 5.41) is 0.821. The van der Waals surface area contributed by atoms with Crippen molar-refractivity contribution in [2.45, 2.75) is 18.9 Å². The summed E-state index contributed by atoms with van der Waals surface area (Å²) in [6.45, 7) is 4.98. The number of ether oxygens (including phenoxy) is 1. The third-order valence-electron chi connectivity index (χ3n) is 6.06. The highest BCUT2D eigenvalue weighted by Gasteiger charge is 2.26. The lowest BCUT2D eigenvalue weighted by molar-refractivity contribution is -0.127. The number of nitrogen functional groups attached to an aromatic ring is 1. The van der Waals surface area contributed by atoms with Crippen molar-refractivity contribution < 1.29 is 9.53 Å². The Morgan fingerprint density at radius 2 is 1.85 bits per heavy atom. The van der Waals surface area contributed by atoms with Crippen LogP contribution in [0.25, 0.3) is 22.2 Å². The number of carbonyl (C=O) groups excluding carboxylic acids is 1. The van der Waals surface area contributed by atoms with Crippen LogP contribution in [0, 0.1) is 0 Å². The number of aromatic nitrogens is 3. The van der Waals surface area contributed by atoms with Gasteiger partial charge in [-0.1, -0.05) is 36.9 Å². The lowest BCUT2D eigenvalue weighted by atomic mass is 10.1. The number of piperidine rings is 1. The van der Waals surface area contributed by atoms with Crippen molar-refractivity contribution in [3.8, 4) is 22.6 Å². The SMILES string of the molecule is C=CC(=O)N1CCC[C@@H](n2cc(-c3ccc(Oc4ccccc4)cc3)c3c(N)ncnc32)C1. The minimum Gasteiger partial charge on any atom is -0.457 e. The van der Waals surface area contributed by atoms with Crippen LogP contribution >= 0.6 is 0 Å². The molecule has 33 heavy (non-hydrogen) atoms. The Bertz CT molecular complexity index is 1300. The van der Waals surface area contributed by atoms with Crippen molar-refractivity contribution in [1.29, 1.82) is 0 Å². The molecule has 166 valence electrons. The Balaban J connectivity index is 1.50. The molecule has 0 saturated carbocycles. The molecule has 4 aromatic rings. The van der Waals surface area contributed by atoms with Crippen molar-refractivity contribution in [2.24, 2.45) is 0 Å². The van der Waals surface area contributed by atoms with E-state index >= 15 is 0 Å². The summed E-state index contributed by atoms with van der Waals surface area (Å²) in [5.74, 6) is 1.94. The van der Waals surface area contributed by atoms with E-state index in [1.165, 1.54) is 12.4 Å². The van der Waals surface area contributed by atoms with Gasteiger partial charge in [0.15, 0.2) is 0 Å². The molecule has 1 amide bonds. The molecule has 7 nitrogen and oxygen atoms in total. The lowest BCUT2D eigenvalue weighted by Gasteiger charge is -2.33. The summed E-state index contributed by atoms with van der Waals surface area (Å²) in [6, 6.07) is 17.7. The van der Waals surface area contributed by atoms with Gasteiger partial charge in [0, 0.05) is 24.8 Å². The summed E-state index contributed by atoms with van der Waals surface area (Å²) in [7, 11) is 0. The molecule has 1 fully saturated rings. The predicted octanol–water partition coefficient (Wildman–Crippen LogP) is 4.82. The fraction of sp³-hybridized carbons (Fsp3) is 0.192. The number of likely N-dealkylation sites (tertiary alicyclic amines) is 1. The normalized spacial score (nSPS) is 16.0. The summed E-state index contributed by atoms with van der Waals surface area (Å²) in [6.07, 6.45) is 6.82. The van der Waals surface area contributed by atoms with E-state index in [0.29, 0.717) is 12.4 Å². The molecule has 2 aromatic heterocycles. The molecule has 2 N–H and O–H groups in total. The average Bonchev–Trinajstić information content (AvgIpc) is 3.26. The van der Waals surface area contributed by atoms with Gasteiger partial charge in [0.1, 0.15) is 29.3 Å². The Labute approximate surface area is 192 Å². The lowest BCUT2D eigenvalue weighted by Crippen LogP contribution is -2.39. The number of carbonyl (C=O) groups is 1. The Morgan fingerprint density at radius 3 is 2.61 bits per heavy atom. The monoisotopic (exact) mass is 439 g/mol. The van der Waals surface area contributed by atoms with Gasteiger partial charge in [-0.15, -0.1) is 0 Å². The maximum absolute atomic E-state index is 12.2. The first-order valence-electron chi connectivity index (χ1n) is 11.0. The van der Waals surface area contributed by atoms with E-state index in [9.17, 15) is 4.79 Å². The number of hydrogen-bond acceptors (Lipinski definition) is 5. The van der Waals surface area contributed by atoms with E-state index in [0.717, 1.165) is 53.0 Å². The van der Waals surface area contributed by atoms with Crippen LogP contribution in [-0.4, -0.2) is 38.4 Å². The molecule has 1 atom stereocenters. The molecule has 0 bridgehead atoms. The number of rotatable bonds is 5. The van der Waals surface area contributed by atoms with Crippen molar-refractivity contribution in [3.05, 3.63) is 79.8 Å². The number of anilines is 1. The molecule has 0 aliphatic carbocycles. The minimum absolute atomic E-state index is 0.0421. The van der Waals surface area contributed by atoms with Crippen LogP contribution in [0.3, 0.4) is 0 Å². The van der Waals surface area contributed by atoms with Gasteiger partial charge in [-0.2, -0.15) is 0 Å². The molecular weight excluding hydrogens is 414 g/mol. The number of amides is 1. The largest absolute Gasteiger partial charge is 0.457 e. The zero-order chi connectivity index (χ0) is 22.8. The average molecular weight is 440 g/mol. The van der Waals surface area contributed by atoms with Gasteiger partial charge in [-0.05, 0) is 48.7 Å². The highest BCUT2D eigenvalue weighted by atomic mass is 16.5. The van der Waals surface area contributed by atoms with E-state index in [4.69, 9.17) is 10.5 Å². The van der Waals surface area contributed by atoms with Gasteiger partial charge < -0.3 is 19.9 Å². The van der Waals surface area contributed by atoms with E-state index in [-0.39, 0.29) is 11.9 Å². The second-order valence-corrected chi connectivity index (χ2v) is 8.13. The topological polar surface area (TPSA) is 86.3 Å². The molecule has 5 rings (SSSR count). The van der Waals surface area contributed by atoms with Crippen LogP contribution in [0.2, 0.25) is 0 Å². The first kappa shape index (κ1) is 20.8. The molecule has 1 aliphatic rings. The zero-order valence-corrected chi connectivity index (χ0v) is 18.2. The van der Waals surface area contributed by atoms with Crippen molar-refractivity contribution in [3.63, 3.8) is 0 Å². The van der Waals surface area contributed by atoms with E-state index in [1.54, 1.807) is 0 Å². The van der Waals surface area contributed by atoms with Gasteiger partial charge in [0.2, 0.25) is 5.91 Å². The van der Waals surface area contributed by atoms with E-state index in [1.807, 2.05) is 59.5 Å². The van der Waals surface area contributed by atoms with Crippen molar-refractivity contribution >= 4 is 22.8 Å². The fourth-order valence-electron chi connectivity index (χ4n) is 4.44. The number of fused-ring (bicyclic) bond motifs is 1. The highest BCUT2D eigenvalue weighted by molar-refractivity contribution is 6.00. The van der Waals surface area contributed by atoms with E-state index < -0.39 is 0 Å². The molecule has 2 aromatic carbocycles. The predicted molar refractivity (Wildman–Crippen MR) is 129 cm³/mol. The highest BCUT2D eigenvalue weighted by Crippen LogP contribution is 2.37. The summed E-state index contributed by atoms with van der Waals surface area (Å²) < 4.78 is 8.06. The summed E-state index contributed by atoms with van der Waals surface area (Å²) in [4.78, 5) is 22.8. The van der Waals surface area contributed by atoms with Gasteiger partial charge in [-0.3, -0.25) is 4.79 Å². The molecule has 7 heteroatoms. The number of para-hydroxylation sites is 1. The van der Waals surface area contributed by atoms with E-state index in [2.05, 4.69) is 27.3 Å². The van der Waals surface area contributed by atoms with Gasteiger partial charge >= 0.3 is 0 Å². The standard InChI is InChI=1S/C26H25N5O2/c1-2-23(32)30-14-6-7-19(15-30)31-16-22(24-25(27)28-17-29-26(24)31)18-10-12-21(13-11-18)33-20-8-4-3-5-9-20/h2-5,8-13,16-17,19H,1,6-7,14-15H2,(H2,27,28,29)/t19-/m1/s1. The second-order valence-electron chi connectivity index (χ2n) is 8.13. The van der Waals surface area contributed by atoms with Crippen LogP contribution in [0.5, 0.6) is 11.5 Å². The Morgan fingerprint density at radius 1 is 1.09 bits per heavy atom. The minimum atomic E-state index is -0.0421. The van der Waals surface area contributed by atoms with Crippen LogP contribution in [0.4, 0.5) is 5.82 Å². The summed E-state index contributed by atoms with van der Waals surface area (Å²) >= 11 is 0. The molecule has 0 radical (unpaired) electrons. The molecule has 3 heterocycles. The van der Waals surface area contributed by atoms with Crippen molar-refractivity contribution in [2.75, 3.05) is 18.8 Å². The van der Waals surface area contributed by atoms with Crippen LogP contribution < -0.4 is 10.5 Å². The van der Waals surface area contributed by atoms with Gasteiger partial charge in [0.25, 0.3) is 0 Å². The third kappa shape index (κ3) is 4.05. The number of hydrogen-bond donors (Lipinski definition) is 1. The number of nitrogens with two attached hydrogens (primary N) is 1. The maximum Gasteiger partial charge on any atom is 0.246 e. The Hall–Kier alpha value is -4.13. The fourth-order valence-corrected chi connectivity index (χ4v) is 4.44. The summed E-state index contributed by atoms with van der Waals surface area (Å²) in [5.41, 5.74) is 9.03. The number of nitrogens with zero attached hydrogens (tertiary/aromatic N) is 4. The molecule has 0 unspecified atom stereocenters. The molecular formula is C26H25N5O2. The second kappa shape index (κ2) is 8.78. The number of benzene rings is 2. The first-order valence-corrected chi connectivity index (χ1v) is 11.0. The van der Waals surface area contributed by atoms with Crippen molar-refractivity contribution in [1.82, 2.24) is 19.4 Å². The maximum atomic E-state index is 12.2.